The van der Waals surface area contributed by atoms with E-state index in [0.717, 1.165) is 21.7 Å². The van der Waals surface area contributed by atoms with Gasteiger partial charge in [0.25, 0.3) is 0 Å². The molecule has 3 aromatic heterocycles. The molecule has 0 aliphatic heterocycles. The number of likely N-dealkylation sites (N-methyl/N-ethyl adjacent to an activating group) is 1. The Bertz CT molecular complexity index is 1870. The third kappa shape index (κ3) is 6.62. The summed E-state index contributed by atoms with van der Waals surface area (Å²) in [5.74, 6) is -0.825. The summed E-state index contributed by atoms with van der Waals surface area (Å²) in [6.45, 7) is 2.17. The number of benzene rings is 2. The number of aromatic nitrogens is 2. The zero-order chi connectivity index (χ0) is 29.9. The van der Waals surface area contributed by atoms with Gasteiger partial charge >= 0.3 is 5.97 Å². The molecule has 0 radical (unpaired) electrons. The summed E-state index contributed by atoms with van der Waals surface area (Å²) < 4.78 is 36.0. The van der Waals surface area contributed by atoms with E-state index >= 15 is 0 Å². The molecule has 10 nitrogen and oxygen atoms in total. The van der Waals surface area contributed by atoms with Gasteiger partial charge in [0.05, 0.1) is 24.5 Å². The number of nitrogens with one attached hydrogen (secondary N) is 1. The van der Waals surface area contributed by atoms with Crippen LogP contribution in [-0.4, -0.2) is 54.9 Å². The SMILES string of the molecule is CC(=O)N(C)CCOC(=O)c1cc2ccc(CN)nc2n1Cc1cc(NS(=O)(=O)Cc2ccsc2)cc2ccccc12. The highest BCUT2D eigenvalue weighted by molar-refractivity contribution is 7.91. The van der Waals surface area contributed by atoms with E-state index in [9.17, 15) is 18.0 Å². The smallest absolute Gasteiger partial charge is 0.355 e. The van der Waals surface area contributed by atoms with Gasteiger partial charge in [-0.05, 0) is 69.1 Å². The monoisotopic (exact) mass is 605 g/mol. The molecule has 0 bridgehead atoms. The molecule has 0 atom stereocenters. The topological polar surface area (TPSA) is 137 Å². The molecule has 3 N–H and O–H groups in total. The molecule has 0 aliphatic carbocycles. The normalized spacial score (nSPS) is 11.6. The summed E-state index contributed by atoms with van der Waals surface area (Å²) >= 11 is 1.44. The van der Waals surface area contributed by atoms with Crippen molar-refractivity contribution in [3.8, 4) is 0 Å². The van der Waals surface area contributed by atoms with Crippen molar-refractivity contribution in [2.24, 2.45) is 5.73 Å². The van der Waals surface area contributed by atoms with Gasteiger partial charge in [0.1, 0.15) is 17.9 Å². The number of hydrogen-bond donors (Lipinski definition) is 2. The Balaban J connectivity index is 1.53. The lowest BCUT2D eigenvalue weighted by Gasteiger charge is -2.16. The predicted molar refractivity (Wildman–Crippen MR) is 165 cm³/mol. The quantitative estimate of drug-likeness (QED) is 0.214. The maximum Gasteiger partial charge on any atom is 0.355 e. The minimum Gasteiger partial charge on any atom is -0.459 e. The number of rotatable bonds is 11. The first-order chi connectivity index (χ1) is 20.1. The molecule has 3 heterocycles. The van der Waals surface area contributed by atoms with Gasteiger partial charge in [0.2, 0.25) is 15.9 Å². The number of ether oxygens (including phenoxy) is 1. The molecule has 0 fully saturated rings. The highest BCUT2D eigenvalue weighted by Crippen LogP contribution is 2.29. The van der Waals surface area contributed by atoms with Gasteiger partial charge in [0.15, 0.2) is 0 Å². The average Bonchev–Trinajstić information content (AvgIpc) is 3.59. The lowest BCUT2D eigenvalue weighted by Crippen LogP contribution is -2.28. The number of thiophene rings is 1. The van der Waals surface area contributed by atoms with E-state index in [1.807, 2.05) is 47.2 Å². The number of amides is 1. The molecule has 42 heavy (non-hydrogen) atoms. The summed E-state index contributed by atoms with van der Waals surface area (Å²) in [5.41, 5.74) is 9.28. The first kappa shape index (κ1) is 29.2. The van der Waals surface area contributed by atoms with Gasteiger partial charge in [-0.3, -0.25) is 9.52 Å². The fraction of sp³-hybridized carbons (Fsp3) is 0.233. The molecule has 0 spiro atoms. The van der Waals surface area contributed by atoms with Gasteiger partial charge < -0.3 is 19.9 Å². The molecule has 5 aromatic rings. The van der Waals surface area contributed by atoms with E-state index in [2.05, 4.69) is 4.72 Å². The molecule has 1 amide bonds. The fourth-order valence-electron chi connectivity index (χ4n) is 4.68. The lowest BCUT2D eigenvalue weighted by atomic mass is 10.0. The number of anilines is 1. The van der Waals surface area contributed by atoms with E-state index in [1.165, 1.54) is 23.2 Å². The van der Waals surface area contributed by atoms with E-state index < -0.39 is 16.0 Å². The molecule has 218 valence electrons. The Morgan fingerprint density at radius 2 is 1.90 bits per heavy atom. The molecule has 0 saturated heterocycles. The first-order valence-corrected chi connectivity index (χ1v) is 15.8. The molecule has 0 saturated carbocycles. The fourth-order valence-corrected chi connectivity index (χ4v) is 6.62. The van der Waals surface area contributed by atoms with Crippen LogP contribution in [0, 0.1) is 0 Å². The van der Waals surface area contributed by atoms with Crippen molar-refractivity contribution < 1.29 is 22.7 Å². The van der Waals surface area contributed by atoms with Crippen LogP contribution in [0.15, 0.2) is 71.4 Å². The van der Waals surface area contributed by atoms with Crippen molar-refractivity contribution in [1.82, 2.24) is 14.5 Å². The summed E-state index contributed by atoms with van der Waals surface area (Å²) in [6.07, 6.45) is 0. The maximum atomic E-state index is 13.3. The van der Waals surface area contributed by atoms with Crippen LogP contribution in [0.5, 0.6) is 0 Å². The second-order valence-corrected chi connectivity index (χ2v) is 12.5. The zero-order valence-corrected chi connectivity index (χ0v) is 24.9. The first-order valence-electron chi connectivity index (χ1n) is 13.2. The van der Waals surface area contributed by atoms with Gasteiger partial charge in [-0.1, -0.05) is 24.3 Å². The highest BCUT2D eigenvalue weighted by atomic mass is 32.2. The molecule has 0 unspecified atom stereocenters. The van der Waals surface area contributed by atoms with Crippen LogP contribution >= 0.6 is 11.3 Å². The Morgan fingerprint density at radius 1 is 1.10 bits per heavy atom. The van der Waals surface area contributed by atoms with Gasteiger partial charge in [-0.15, -0.1) is 0 Å². The largest absolute Gasteiger partial charge is 0.459 e. The van der Waals surface area contributed by atoms with E-state index in [4.69, 9.17) is 15.5 Å². The second-order valence-electron chi connectivity index (χ2n) is 9.96. The molecular weight excluding hydrogens is 574 g/mol. The number of pyridine rings is 1. The molecule has 12 heteroatoms. The Hall–Kier alpha value is -4.26. The molecule has 5 rings (SSSR count). The Kier molecular flexibility index (Phi) is 8.57. The minimum absolute atomic E-state index is 0.0300. The van der Waals surface area contributed by atoms with Gasteiger partial charge in [-0.2, -0.15) is 11.3 Å². The highest BCUT2D eigenvalue weighted by Gasteiger charge is 2.21. The van der Waals surface area contributed by atoms with Crippen molar-refractivity contribution in [2.75, 3.05) is 24.9 Å². The van der Waals surface area contributed by atoms with Gasteiger partial charge in [0, 0.05) is 31.6 Å². The van der Waals surface area contributed by atoms with Crippen molar-refractivity contribution in [1.29, 1.82) is 0 Å². The number of hydrogen-bond acceptors (Lipinski definition) is 8. The Morgan fingerprint density at radius 3 is 2.64 bits per heavy atom. The van der Waals surface area contributed by atoms with Crippen LogP contribution in [0.1, 0.15) is 34.2 Å². The van der Waals surface area contributed by atoms with Crippen molar-refractivity contribution >= 4 is 60.7 Å². The third-order valence-corrected chi connectivity index (χ3v) is 8.90. The number of sulfonamides is 1. The lowest BCUT2D eigenvalue weighted by molar-refractivity contribution is -0.128. The van der Waals surface area contributed by atoms with Crippen LogP contribution in [0.2, 0.25) is 0 Å². The number of nitrogens with zero attached hydrogens (tertiary/aromatic N) is 3. The standard InChI is InChI=1S/C30H31N5O5S2/c1-20(36)34(2)10-11-40-30(37)28-15-23-7-8-25(16-31)32-29(23)35(28)17-24-14-26(13-22-5-3-4-6-27(22)24)33-42(38,39)19-21-9-12-41-18-21/h3-9,12-15,18,33H,10-11,16-17,19,31H2,1-2H3. The number of fused-ring (bicyclic) bond motifs is 2. The number of nitrogens with two attached hydrogens (primary N) is 1. The zero-order valence-electron chi connectivity index (χ0n) is 23.2. The molecule has 0 aliphatic rings. The summed E-state index contributed by atoms with van der Waals surface area (Å²) in [5, 5.41) is 6.12. The summed E-state index contributed by atoms with van der Waals surface area (Å²) in [4.78, 5) is 31.0. The van der Waals surface area contributed by atoms with Crippen molar-refractivity contribution in [3.05, 3.63) is 93.9 Å². The van der Waals surface area contributed by atoms with Crippen LogP contribution in [0.4, 0.5) is 5.69 Å². The van der Waals surface area contributed by atoms with Crippen LogP contribution in [0.25, 0.3) is 21.8 Å². The molecule has 2 aromatic carbocycles. The third-order valence-electron chi connectivity index (χ3n) is 6.90. The minimum atomic E-state index is -3.67. The number of esters is 1. The van der Waals surface area contributed by atoms with Crippen LogP contribution in [0.3, 0.4) is 0 Å². The Labute approximate surface area is 247 Å². The van der Waals surface area contributed by atoms with Crippen molar-refractivity contribution in [2.45, 2.75) is 25.8 Å². The van der Waals surface area contributed by atoms with E-state index in [0.29, 0.717) is 22.6 Å². The summed E-state index contributed by atoms with van der Waals surface area (Å²) in [6, 6.07) is 18.4. The summed E-state index contributed by atoms with van der Waals surface area (Å²) in [7, 11) is -2.04. The predicted octanol–water partition coefficient (Wildman–Crippen LogP) is 4.34. The average molecular weight is 606 g/mol. The molecular formula is C30H31N5O5S2. The number of carbonyl (C=O) groups excluding carboxylic acids is 2. The number of carbonyl (C=O) groups is 2. The van der Waals surface area contributed by atoms with E-state index in [1.54, 1.807) is 35.9 Å². The maximum absolute atomic E-state index is 13.3. The van der Waals surface area contributed by atoms with Gasteiger partial charge in [-0.25, -0.2) is 18.2 Å². The van der Waals surface area contributed by atoms with Crippen molar-refractivity contribution in [3.63, 3.8) is 0 Å². The van der Waals surface area contributed by atoms with Crippen LogP contribution < -0.4 is 10.5 Å². The van der Waals surface area contributed by atoms with Crippen LogP contribution in [-0.2, 0) is 38.4 Å². The van der Waals surface area contributed by atoms with E-state index in [-0.39, 0.29) is 43.6 Å². The second kappa shape index (κ2) is 12.3.